The number of allylic oxidation sites excluding steroid dienone is 2. The molecule has 0 aliphatic carbocycles. The van der Waals surface area contributed by atoms with E-state index < -0.39 is 0 Å². The molecule has 0 atom stereocenters. The first kappa shape index (κ1) is 16.4. The van der Waals surface area contributed by atoms with Crippen LogP contribution in [0, 0.1) is 0 Å². The molecule has 1 fully saturated rings. The SMILES string of the molecule is C1=CCOC=C1.C1=Cc2ccccc2OC1.C1CCOCC1. The lowest BCUT2D eigenvalue weighted by molar-refractivity contribution is 0.0968. The van der Waals surface area contributed by atoms with Gasteiger partial charge in [0.05, 0.1) is 6.26 Å². The second kappa shape index (κ2) is 10.7. The Kier molecular flexibility index (Phi) is 7.95. The molecular formula is C19H24O3. The Hall–Kier alpha value is -2.00. The van der Waals surface area contributed by atoms with Crippen molar-refractivity contribution < 1.29 is 14.2 Å². The van der Waals surface area contributed by atoms with Crippen LogP contribution in [-0.2, 0) is 9.47 Å². The fourth-order valence-electron chi connectivity index (χ4n) is 2.10. The van der Waals surface area contributed by atoms with Gasteiger partial charge in [0.2, 0.25) is 0 Å². The van der Waals surface area contributed by atoms with Crippen LogP contribution >= 0.6 is 0 Å². The van der Waals surface area contributed by atoms with Crippen LogP contribution < -0.4 is 4.74 Å². The van der Waals surface area contributed by atoms with E-state index in [-0.39, 0.29) is 0 Å². The largest absolute Gasteiger partial charge is 0.497 e. The van der Waals surface area contributed by atoms with E-state index in [4.69, 9.17) is 14.2 Å². The van der Waals surface area contributed by atoms with Crippen molar-refractivity contribution in [3.63, 3.8) is 0 Å². The Balaban J connectivity index is 0.000000128. The molecule has 3 heterocycles. The molecule has 1 saturated heterocycles. The second-order valence-corrected chi connectivity index (χ2v) is 5.01. The molecule has 0 amide bonds. The van der Waals surface area contributed by atoms with Crippen molar-refractivity contribution in [2.45, 2.75) is 19.3 Å². The van der Waals surface area contributed by atoms with E-state index >= 15 is 0 Å². The van der Waals surface area contributed by atoms with Crippen LogP contribution in [-0.4, -0.2) is 26.4 Å². The predicted molar refractivity (Wildman–Crippen MR) is 89.9 cm³/mol. The van der Waals surface area contributed by atoms with Gasteiger partial charge in [-0.05, 0) is 43.6 Å². The molecule has 4 rings (SSSR count). The molecule has 3 nitrogen and oxygen atoms in total. The van der Waals surface area contributed by atoms with Crippen LogP contribution in [0.1, 0.15) is 24.8 Å². The summed E-state index contributed by atoms with van der Waals surface area (Å²) in [5.74, 6) is 0.991. The molecule has 118 valence electrons. The van der Waals surface area contributed by atoms with Gasteiger partial charge in [0.1, 0.15) is 19.0 Å². The van der Waals surface area contributed by atoms with Crippen molar-refractivity contribution in [3.05, 3.63) is 60.4 Å². The maximum absolute atomic E-state index is 5.34. The highest BCUT2D eigenvalue weighted by molar-refractivity contribution is 5.58. The second-order valence-electron chi connectivity index (χ2n) is 5.01. The molecule has 0 radical (unpaired) electrons. The molecule has 0 bridgehead atoms. The lowest BCUT2D eigenvalue weighted by Gasteiger charge is -2.10. The van der Waals surface area contributed by atoms with Crippen molar-refractivity contribution in [2.24, 2.45) is 0 Å². The number of fused-ring (bicyclic) bond motifs is 1. The van der Waals surface area contributed by atoms with Gasteiger partial charge in [-0.15, -0.1) is 0 Å². The monoisotopic (exact) mass is 300 g/mol. The molecule has 1 aromatic rings. The summed E-state index contributed by atoms with van der Waals surface area (Å²) in [6.07, 6.45) is 15.5. The summed E-state index contributed by atoms with van der Waals surface area (Å²) in [5.41, 5.74) is 1.17. The van der Waals surface area contributed by atoms with Gasteiger partial charge in [-0.2, -0.15) is 0 Å². The number of hydrogen-bond acceptors (Lipinski definition) is 3. The highest BCUT2D eigenvalue weighted by atomic mass is 16.5. The molecule has 0 aromatic heterocycles. The lowest BCUT2D eigenvalue weighted by Crippen LogP contribution is -2.03. The average molecular weight is 300 g/mol. The summed E-state index contributed by atoms with van der Waals surface area (Å²) < 4.78 is 15.2. The van der Waals surface area contributed by atoms with Gasteiger partial charge in [-0.1, -0.05) is 30.4 Å². The maximum atomic E-state index is 5.34. The van der Waals surface area contributed by atoms with Crippen LogP contribution in [0.15, 0.2) is 54.8 Å². The molecule has 3 aliphatic heterocycles. The number of hydrogen-bond donors (Lipinski definition) is 0. The predicted octanol–water partition coefficient (Wildman–Crippen LogP) is 4.37. The van der Waals surface area contributed by atoms with E-state index in [1.54, 1.807) is 6.26 Å². The zero-order chi connectivity index (χ0) is 15.3. The molecule has 3 aliphatic rings. The first-order valence-corrected chi connectivity index (χ1v) is 7.86. The van der Waals surface area contributed by atoms with Crippen molar-refractivity contribution in [1.82, 2.24) is 0 Å². The van der Waals surface area contributed by atoms with E-state index in [0.29, 0.717) is 6.61 Å². The van der Waals surface area contributed by atoms with Crippen LogP contribution in [0.5, 0.6) is 5.75 Å². The first-order chi connectivity index (χ1) is 11.0. The van der Waals surface area contributed by atoms with Crippen molar-refractivity contribution in [3.8, 4) is 5.75 Å². The van der Waals surface area contributed by atoms with Gasteiger partial charge in [0.25, 0.3) is 0 Å². The summed E-state index contributed by atoms with van der Waals surface area (Å²) in [6, 6.07) is 8.03. The van der Waals surface area contributed by atoms with Crippen LogP contribution in [0.2, 0.25) is 0 Å². The minimum absolute atomic E-state index is 0.705. The van der Waals surface area contributed by atoms with Gasteiger partial charge in [-0.3, -0.25) is 0 Å². The van der Waals surface area contributed by atoms with E-state index in [9.17, 15) is 0 Å². The summed E-state index contributed by atoms with van der Waals surface area (Å²) >= 11 is 0. The number of ether oxygens (including phenoxy) is 3. The van der Waals surface area contributed by atoms with E-state index in [0.717, 1.165) is 25.6 Å². The topological polar surface area (TPSA) is 27.7 Å². The molecular weight excluding hydrogens is 276 g/mol. The normalized spacial score (nSPS) is 17.6. The maximum Gasteiger partial charge on any atom is 0.126 e. The number of para-hydroxylation sites is 1. The van der Waals surface area contributed by atoms with E-state index in [1.165, 1.54) is 24.8 Å². The molecule has 22 heavy (non-hydrogen) atoms. The quantitative estimate of drug-likeness (QED) is 0.712. The Labute approximate surface area is 132 Å². The van der Waals surface area contributed by atoms with E-state index in [1.807, 2.05) is 48.6 Å². The Morgan fingerprint density at radius 3 is 2.18 bits per heavy atom. The summed E-state index contributed by atoms with van der Waals surface area (Å²) in [4.78, 5) is 0. The Morgan fingerprint density at radius 2 is 1.68 bits per heavy atom. The van der Waals surface area contributed by atoms with Crippen molar-refractivity contribution >= 4 is 6.08 Å². The van der Waals surface area contributed by atoms with Crippen molar-refractivity contribution in [2.75, 3.05) is 26.4 Å². The number of rotatable bonds is 0. The summed E-state index contributed by atoms with van der Waals surface area (Å²) in [7, 11) is 0. The fourth-order valence-corrected chi connectivity index (χ4v) is 2.10. The van der Waals surface area contributed by atoms with Gasteiger partial charge in [0.15, 0.2) is 0 Å². The molecule has 0 spiro atoms. The highest BCUT2D eigenvalue weighted by Crippen LogP contribution is 2.21. The smallest absolute Gasteiger partial charge is 0.126 e. The van der Waals surface area contributed by atoms with Gasteiger partial charge >= 0.3 is 0 Å². The van der Waals surface area contributed by atoms with Crippen LogP contribution in [0.4, 0.5) is 0 Å². The lowest BCUT2D eigenvalue weighted by atomic mass is 10.1. The minimum atomic E-state index is 0.705. The Morgan fingerprint density at radius 1 is 0.818 bits per heavy atom. The third-order valence-corrected chi connectivity index (χ3v) is 3.24. The standard InChI is InChI=1S/C9H8O.C5H10O.C5H6O/c1-2-6-9-8(4-1)5-3-7-10-9;2*1-2-4-6-5-3-1/h1-6H,7H2;1-5H2;1-4H,5H2. The Bertz CT molecular complexity index is 476. The van der Waals surface area contributed by atoms with Crippen molar-refractivity contribution in [1.29, 1.82) is 0 Å². The highest BCUT2D eigenvalue weighted by Gasteiger charge is 2.01. The zero-order valence-corrected chi connectivity index (χ0v) is 12.9. The number of benzene rings is 1. The molecule has 0 unspecified atom stereocenters. The summed E-state index contributed by atoms with van der Waals surface area (Å²) in [5, 5.41) is 0. The molecule has 3 heteroatoms. The van der Waals surface area contributed by atoms with Gasteiger partial charge in [0, 0.05) is 18.8 Å². The molecule has 0 saturated carbocycles. The molecule has 1 aromatic carbocycles. The fraction of sp³-hybridized carbons (Fsp3) is 0.368. The van der Waals surface area contributed by atoms with Crippen LogP contribution in [0.3, 0.4) is 0 Å². The van der Waals surface area contributed by atoms with E-state index in [2.05, 4.69) is 6.08 Å². The zero-order valence-electron chi connectivity index (χ0n) is 12.9. The third kappa shape index (κ3) is 6.64. The molecule has 0 N–H and O–H groups in total. The minimum Gasteiger partial charge on any atom is -0.497 e. The first-order valence-electron chi connectivity index (χ1n) is 7.86. The van der Waals surface area contributed by atoms with Gasteiger partial charge in [-0.25, -0.2) is 0 Å². The van der Waals surface area contributed by atoms with Gasteiger partial charge < -0.3 is 14.2 Å². The summed E-state index contributed by atoms with van der Waals surface area (Å²) in [6.45, 7) is 3.44. The van der Waals surface area contributed by atoms with Crippen LogP contribution in [0.25, 0.3) is 6.08 Å². The average Bonchev–Trinajstić information content (AvgIpc) is 2.66. The third-order valence-electron chi connectivity index (χ3n) is 3.24.